The second-order valence-electron chi connectivity index (χ2n) is 9.27. The molecular weight excluding hydrogens is 501 g/mol. The van der Waals surface area contributed by atoms with Gasteiger partial charge in [-0.05, 0) is 43.5 Å². The van der Waals surface area contributed by atoms with Gasteiger partial charge in [0.25, 0.3) is 5.91 Å². The summed E-state index contributed by atoms with van der Waals surface area (Å²) in [6.45, 7) is 2.04. The second kappa shape index (κ2) is 9.11. The molecular formula is C26H23Cl2N5O3. The maximum absolute atomic E-state index is 12.7. The monoisotopic (exact) mass is 523 g/mol. The Hall–Kier alpha value is -3.62. The molecule has 2 heterocycles. The summed E-state index contributed by atoms with van der Waals surface area (Å²) in [6.07, 6.45) is 2.18. The molecule has 0 radical (unpaired) electrons. The topological polar surface area (TPSA) is 130 Å². The molecule has 4 N–H and O–H groups in total. The van der Waals surface area contributed by atoms with Crippen LogP contribution in [0.3, 0.4) is 0 Å². The largest absolute Gasteiger partial charge is 0.383 e. The molecule has 2 aromatic heterocycles. The number of primary amides is 1. The number of amides is 1. The molecule has 8 nitrogen and oxygen atoms in total. The highest BCUT2D eigenvalue weighted by Crippen LogP contribution is 2.45. The van der Waals surface area contributed by atoms with Crippen LogP contribution in [-0.2, 0) is 23.2 Å². The van der Waals surface area contributed by atoms with Gasteiger partial charge >= 0.3 is 0 Å². The number of benzene rings is 2. The number of hydrogen-bond acceptors (Lipinski definition) is 6. The van der Waals surface area contributed by atoms with Gasteiger partial charge in [-0.3, -0.25) is 9.59 Å². The lowest BCUT2D eigenvalue weighted by Crippen LogP contribution is -2.19. The van der Waals surface area contributed by atoms with Crippen molar-refractivity contribution in [2.24, 2.45) is 5.73 Å². The van der Waals surface area contributed by atoms with E-state index in [1.54, 1.807) is 28.9 Å². The average molecular weight is 524 g/mol. The predicted octanol–water partition coefficient (Wildman–Crippen LogP) is 5.06. The second-order valence-corrected chi connectivity index (χ2v) is 10.1. The van der Waals surface area contributed by atoms with Crippen molar-refractivity contribution in [3.63, 3.8) is 0 Å². The number of carbonyl (C=O) groups is 2. The first kappa shape index (κ1) is 24.1. The van der Waals surface area contributed by atoms with E-state index in [0.717, 1.165) is 18.4 Å². The van der Waals surface area contributed by atoms with Crippen molar-refractivity contribution < 1.29 is 14.1 Å². The summed E-state index contributed by atoms with van der Waals surface area (Å²) in [4.78, 5) is 24.8. The molecule has 1 saturated carbocycles. The van der Waals surface area contributed by atoms with Gasteiger partial charge in [0.15, 0.2) is 0 Å². The summed E-state index contributed by atoms with van der Waals surface area (Å²) < 4.78 is 7.04. The maximum Gasteiger partial charge on any atom is 0.254 e. The Morgan fingerprint density at radius 1 is 1.08 bits per heavy atom. The van der Waals surface area contributed by atoms with Crippen molar-refractivity contribution in [1.29, 1.82) is 0 Å². The molecule has 0 aliphatic heterocycles. The van der Waals surface area contributed by atoms with Crippen LogP contribution in [0.15, 0.2) is 53.1 Å². The Balaban J connectivity index is 1.29. The number of nitrogens with zero attached hydrogens (tertiary/aromatic N) is 3. The molecule has 1 aliphatic rings. The zero-order valence-corrected chi connectivity index (χ0v) is 20.9. The van der Waals surface area contributed by atoms with Crippen LogP contribution >= 0.6 is 23.2 Å². The highest BCUT2D eigenvalue weighted by molar-refractivity contribution is 6.36. The lowest BCUT2D eigenvalue weighted by molar-refractivity contribution is -0.118. The number of aromatic nitrogens is 3. The van der Waals surface area contributed by atoms with Gasteiger partial charge in [-0.25, -0.2) is 4.68 Å². The van der Waals surface area contributed by atoms with Crippen LogP contribution in [0, 0.1) is 0 Å². The Bertz CT molecular complexity index is 1490. The summed E-state index contributed by atoms with van der Waals surface area (Å²) in [5, 5.41) is 9.60. The first-order valence-corrected chi connectivity index (χ1v) is 12.1. The zero-order chi connectivity index (χ0) is 25.6. The van der Waals surface area contributed by atoms with Crippen molar-refractivity contribution in [2.45, 2.75) is 38.1 Å². The van der Waals surface area contributed by atoms with Crippen molar-refractivity contribution in [2.75, 3.05) is 5.73 Å². The molecule has 1 fully saturated rings. The number of anilines is 1. The number of carbonyl (C=O) groups excluding carboxylic acids is 2. The van der Waals surface area contributed by atoms with Crippen LogP contribution in [0.25, 0.3) is 22.5 Å². The fourth-order valence-corrected chi connectivity index (χ4v) is 4.67. The van der Waals surface area contributed by atoms with Gasteiger partial charge in [-0.1, -0.05) is 52.6 Å². The van der Waals surface area contributed by atoms with Crippen molar-refractivity contribution in [3.05, 3.63) is 75.5 Å². The molecule has 1 amide bonds. The molecule has 36 heavy (non-hydrogen) atoms. The first-order chi connectivity index (χ1) is 17.1. The maximum atomic E-state index is 12.7. The van der Waals surface area contributed by atoms with E-state index >= 15 is 0 Å². The van der Waals surface area contributed by atoms with E-state index in [-0.39, 0.29) is 35.5 Å². The van der Waals surface area contributed by atoms with Gasteiger partial charge in [0.2, 0.25) is 0 Å². The smallest absolute Gasteiger partial charge is 0.254 e. The molecule has 4 aromatic rings. The Kier molecular flexibility index (Phi) is 6.10. The number of nitrogen functional groups attached to an aromatic ring is 1. The minimum Gasteiger partial charge on any atom is -0.383 e. The van der Waals surface area contributed by atoms with Crippen molar-refractivity contribution in [3.8, 4) is 22.5 Å². The van der Waals surface area contributed by atoms with Crippen LogP contribution in [0.1, 0.15) is 41.4 Å². The van der Waals surface area contributed by atoms with Gasteiger partial charge in [0, 0.05) is 28.6 Å². The molecule has 0 atom stereocenters. The minimum absolute atomic E-state index is 0.0411. The fourth-order valence-electron chi connectivity index (χ4n) is 4.17. The number of rotatable bonds is 8. The van der Waals surface area contributed by atoms with Crippen molar-refractivity contribution in [1.82, 2.24) is 14.9 Å². The van der Waals surface area contributed by atoms with Crippen molar-refractivity contribution >= 4 is 40.7 Å². The molecule has 0 saturated heterocycles. The lowest BCUT2D eigenvalue weighted by Gasteiger charge is -2.10. The summed E-state index contributed by atoms with van der Waals surface area (Å²) >= 11 is 12.2. The first-order valence-electron chi connectivity index (χ1n) is 11.4. The van der Waals surface area contributed by atoms with Crippen LogP contribution < -0.4 is 11.5 Å². The molecule has 10 heteroatoms. The average Bonchev–Trinajstić information content (AvgIpc) is 3.23. The number of halogens is 2. The SMILES string of the molecule is CC1(n2nc(-c3ccc(CC(=O)Cc4cc(-c5ccc(Cl)cc5Cl)no4)cc3)c(C(N)=O)c2N)CC1. The molecule has 184 valence electrons. The lowest BCUT2D eigenvalue weighted by atomic mass is 10.0. The third kappa shape index (κ3) is 4.62. The van der Waals surface area contributed by atoms with Gasteiger partial charge in [0.1, 0.15) is 34.3 Å². The van der Waals surface area contributed by atoms with E-state index in [1.807, 2.05) is 31.2 Å². The third-order valence-electron chi connectivity index (χ3n) is 6.42. The summed E-state index contributed by atoms with van der Waals surface area (Å²) in [6, 6.07) is 14.1. The molecule has 0 unspecified atom stereocenters. The fraction of sp³-hybridized carbons (Fsp3) is 0.231. The molecule has 2 aromatic carbocycles. The molecule has 1 aliphatic carbocycles. The zero-order valence-electron chi connectivity index (χ0n) is 19.4. The standard InChI is InChI=1S/C26H23Cl2N5O3/c1-26(8-9-26)33-24(29)22(25(30)35)23(31-33)15-4-2-14(3-5-15)10-17(34)12-18-13-21(32-36-18)19-7-6-16(27)11-20(19)28/h2-7,11,13H,8-10,12,29H2,1H3,(H2,30,35). The van der Waals surface area contributed by atoms with Gasteiger partial charge < -0.3 is 16.0 Å². The normalized spacial score (nSPS) is 14.1. The Morgan fingerprint density at radius 3 is 2.44 bits per heavy atom. The summed E-state index contributed by atoms with van der Waals surface area (Å²) in [5.41, 5.74) is 15.0. The number of hydrogen-bond donors (Lipinski definition) is 2. The quantitative estimate of drug-likeness (QED) is 0.332. The Labute approximate surface area is 217 Å². The van der Waals surface area contributed by atoms with E-state index < -0.39 is 5.91 Å². The minimum atomic E-state index is -0.622. The number of nitrogens with two attached hydrogens (primary N) is 2. The van der Waals surface area contributed by atoms with Crippen LogP contribution in [0.2, 0.25) is 10.0 Å². The molecule has 5 rings (SSSR count). The van der Waals surface area contributed by atoms with Crippen LogP contribution in [0.5, 0.6) is 0 Å². The van der Waals surface area contributed by atoms with E-state index in [4.69, 9.17) is 39.2 Å². The van der Waals surface area contributed by atoms with Gasteiger partial charge in [0.05, 0.1) is 17.0 Å². The highest BCUT2D eigenvalue weighted by Gasteiger charge is 2.43. The van der Waals surface area contributed by atoms with Gasteiger partial charge in [-0.15, -0.1) is 0 Å². The summed E-state index contributed by atoms with van der Waals surface area (Å²) in [7, 11) is 0. The molecule has 0 spiro atoms. The Morgan fingerprint density at radius 2 is 1.81 bits per heavy atom. The van der Waals surface area contributed by atoms with E-state index in [0.29, 0.717) is 38.3 Å². The van der Waals surface area contributed by atoms with Gasteiger partial charge in [-0.2, -0.15) is 5.10 Å². The van der Waals surface area contributed by atoms with E-state index in [2.05, 4.69) is 10.3 Å². The summed E-state index contributed by atoms with van der Waals surface area (Å²) in [5.74, 6) is 0.0608. The van der Waals surface area contributed by atoms with Crippen LogP contribution in [0.4, 0.5) is 5.82 Å². The third-order valence-corrected chi connectivity index (χ3v) is 6.97. The highest BCUT2D eigenvalue weighted by atomic mass is 35.5. The van der Waals surface area contributed by atoms with E-state index in [9.17, 15) is 9.59 Å². The van der Waals surface area contributed by atoms with Crippen LogP contribution in [-0.4, -0.2) is 26.6 Å². The number of ketones is 1. The predicted molar refractivity (Wildman–Crippen MR) is 138 cm³/mol. The molecule has 0 bridgehead atoms. The van der Waals surface area contributed by atoms with E-state index in [1.165, 1.54) is 0 Å². The number of Topliss-reactive ketones (excluding diaryl/α,β-unsaturated/α-hetero) is 1.